The van der Waals surface area contributed by atoms with Crippen LogP contribution in [-0.4, -0.2) is 52.4 Å². The Bertz CT molecular complexity index is 724. The van der Waals surface area contributed by atoms with Crippen molar-refractivity contribution in [1.29, 1.82) is 0 Å². The minimum Gasteiger partial charge on any atom is -0.463 e. The monoisotopic (exact) mass is 428 g/mol. The number of imidazole rings is 1. The number of rotatable bonds is 5. The normalized spacial score (nSPS) is 25.0. The Labute approximate surface area is 163 Å². The largest absolute Gasteiger partial charge is 0.463 e. The highest BCUT2D eigenvalue weighted by Gasteiger charge is 2.51. The summed E-state index contributed by atoms with van der Waals surface area (Å²) in [4.78, 5) is 37.9. The van der Waals surface area contributed by atoms with Gasteiger partial charge in [0.25, 0.3) is 0 Å². The van der Waals surface area contributed by atoms with E-state index in [1.165, 1.54) is 25.3 Å². The van der Waals surface area contributed by atoms with E-state index < -0.39 is 42.4 Å². The molecule has 9 nitrogen and oxygen atoms in total. The summed E-state index contributed by atoms with van der Waals surface area (Å²) >= 11 is 18.0. The van der Waals surface area contributed by atoms with Crippen molar-refractivity contribution in [3.8, 4) is 0 Å². The molecule has 0 amide bonds. The van der Waals surface area contributed by atoms with Gasteiger partial charge < -0.3 is 18.9 Å². The third-order valence-electron chi connectivity index (χ3n) is 3.37. The Morgan fingerprint density at radius 2 is 1.62 bits per heavy atom. The van der Waals surface area contributed by atoms with Gasteiger partial charge in [-0.25, -0.2) is 4.98 Å². The second kappa shape index (κ2) is 8.43. The highest BCUT2D eigenvalue weighted by atomic mass is 35.5. The molecule has 26 heavy (non-hydrogen) atoms. The number of carbonyl (C=O) groups is 3. The molecule has 0 N–H and O–H groups in total. The topological polar surface area (TPSA) is 106 Å². The predicted molar refractivity (Wildman–Crippen MR) is 88.9 cm³/mol. The first-order valence-electron chi connectivity index (χ1n) is 7.33. The SMILES string of the molecule is CC(=O)OC[C@H]1O[C@@H](n2c(Cl)nc(Cl)c2Cl)[C@H](OC(C)=O)[C@@H]1OC(C)=O. The Morgan fingerprint density at radius 1 is 1.04 bits per heavy atom. The number of hydrogen-bond acceptors (Lipinski definition) is 8. The van der Waals surface area contributed by atoms with E-state index >= 15 is 0 Å². The number of hydrogen-bond donors (Lipinski definition) is 0. The molecule has 1 aliphatic heterocycles. The van der Waals surface area contributed by atoms with Gasteiger partial charge in [-0.15, -0.1) is 0 Å². The minimum atomic E-state index is -1.13. The molecule has 4 atom stereocenters. The van der Waals surface area contributed by atoms with Crippen molar-refractivity contribution in [1.82, 2.24) is 9.55 Å². The van der Waals surface area contributed by atoms with E-state index in [-0.39, 0.29) is 22.2 Å². The van der Waals surface area contributed by atoms with Crippen molar-refractivity contribution in [3.05, 3.63) is 15.6 Å². The maximum Gasteiger partial charge on any atom is 0.303 e. The standard InChI is InChI=1S/C14H15Cl3N2O7/c1-5(20)23-4-8-9(24-6(2)21)10(25-7(3)22)13(26-8)19-12(16)11(15)18-14(19)17/h8-10,13H,4H2,1-3H3/t8-,9-,10-,13-/m1/s1. The van der Waals surface area contributed by atoms with Crippen molar-refractivity contribution in [2.24, 2.45) is 0 Å². The van der Waals surface area contributed by atoms with Crippen LogP contribution in [0.4, 0.5) is 0 Å². The lowest BCUT2D eigenvalue weighted by Gasteiger charge is -2.24. The zero-order valence-electron chi connectivity index (χ0n) is 13.9. The maximum absolute atomic E-state index is 11.5. The van der Waals surface area contributed by atoms with E-state index in [1.807, 2.05) is 0 Å². The van der Waals surface area contributed by atoms with Crippen LogP contribution in [0.5, 0.6) is 0 Å². The lowest BCUT2D eigenvalue weighted by atomic mass is 10.1. The van der Waals surface area contributed by atoms with Gasteiger partial charge in [0.15, 0.2) is 28.7 Å². The molecule has 2 rings (SSSR count). The van der Waals surface area contributed by atoms with Crippen LogP contribution in [0.25, 0.3) is 0 Å². The second-order valence-corrected chi connectivity index (χ2v) is 6.40. The molecule has 1 fully saturated rings. The molecule has 0 radical (unpaired) electrons. The third kappa shape index (κ3) is 4.59. The van der Waals surface area contributed by atoms with Gasteiger partial charge in [0.05, 0.1) is 0 Å². The fraction of sp³-hybridized carbons (Fsp3) is 0.571. The number of halogens is 3. The maximum atomic E-state index is 11.5. The van der Waals surface area contributed by atoms with E-state index in [1.54, 1.807) is 0 Å². The molecule has 0 saturated carbocycles. The Hall–Kier alpha value is -1.55. The first-order valence-corrected chi connectivity index (χ1v) is 8.47. The molecule has 2 heterocycles. The van der Waals surface area contributed by atoms with E-state index in [9.17, 15) is 14.4 Å². The lowest BCUT2D eigenvalue weighted by molar-refractivity contribution is -0.166. The Balaban J connectivity index is 2.42. The van der Waals surface area contributed by atoms with E-state index in [2.05, 4.69) is 4.98 Å². The van der Waals surface area contributed by atoms with Crippen molar-refractivity contribution in [3.63, 3.8) is 0 Å². The average molecular weight is 430 g/mol. The smallest absolute Gasteiger partial charge is 0.303 e. The van der Waals surface area contributed by atoms with Crippen molar-refractivity contribution in [2.75, 3.05) is 6.61 Å². The summed E-state index contributed by atoms with van der Waals surface area (Å²) in [5.74, 6) is -1.87. The van der Waals surface area contributed by atoms with Crippen LogP contribution in [0.3, 0.4) is 0 Å². The zero-order chi connectivity index (χ0) is 19.6. The number of carbonyl (C=O) groups excluding carboxylic acids is 3. The molecular formula is C14H15Cl3N2O7. The molecule has 144 valence electrons. The van der Waals surface area contributed by atoms with E-state index in [0.29, 0.717) is 0 Å². The van der Waals surface area contributed by atoms with E-state index in [0.717, 1.165) is 0 Å². The summed E-state index contributed by atoms with van der Waals surface area (Å²) in [5, 5.41) is -0.278. The number of ether oxygens (including phenoxy) is 4. The fourth-order valence-electron chi connectivity index (χ4n) is 2.48. The van der Waals surface area contributed by atoms with Gasteiger partial charge in [-0.2, -0.15) is 0 Å². The molecule has 0 spiro atoms. The van der Waals surface area contributed by atoms with Crippen LogP contribution < -0.4 is 0 Å². The molecule has 0 aromatic carbocycles. The molecule has 1 aromatic heterocycles. The summed E-state index contributed by atoms with van der Waals surface area (Å²) in [6.45, 7) is 3.31. The van der Waals surface area contributed by atoms with Crippen LogP contribution in [0.2, 0.25) is 15.6 Å². The summed E-state index contributed by atoms with van der Waals surface area (Å²) in [6.07, 6.45) is -4.25. The average Bonchev–Trinajstić information content (AvgIpc) is 2.94. The predicted octanol–water partition coefficient (Wildman–Crippen LogP) is 2.17. The van der Waals surface area contributed by atoms with Gasteiger partial charge in [0, 0.05) is 20.8 Å². The highest BCUT2D eigenvalue weighted by Crippen LogP contribution is 2.39. The van der Waals surface area contributed by atoms with Crippen LogP contribution in [0.15, 0.2) is 0 Å². The first-order chi connectivity index (χ1) is 12.1. The van der Waals surface area contributed by atoms with Crippen LogP contribution in [0.1, 0.15) is 27.0 Å². The summed E-state index contributed by atoms with van der Waals surface area (Å²) in [6, 6.07) is 0. The Kier molecular flexibility index (Phi) is 6.73. The van der Waals surface area contributed by atoms with Gasteiger partial charge in [-0.05, 0) is 11.6 Å². The van der Waals surface area contributed by atoms with Gasteiger partial charge in [0.2, 0.25) is 5.28 Å². The van der Waals surface area contributed by atoms with E-state index in [4.69, 9.17) is 53.8 Å². The van der Waals surface area contributed by atoms with Gasteiger partial charge in [0.1, 0.15) is 12.7 Å². The first kappa shape index (κ1) is 20.8. The molecule has 1 aromatic rings. The number of nitrogens with zero attached hydrogens (tertiary/aromatic N) is 2. The molecule has 12 heteroatoms. The quantitative estimate of drug-likeness (QED) is 0.518. The fourth-order valence-corrected chi connectivity index (χ4v) is 3.22. The molecule has 1 saturated heterocycles. The third-order valence-corrected chi connectivity index (χ3v) is 4.35. The van der Waals surface area contributed by atoms with Gasteiger partial charge in [-0.1, -0.05) is 23.2 Å². The van der Waals surface area contributed by atoms with Crippen LogP contribution in [0, 0.1) is 0 Å². The zero-order valence-corrected chi connectivity index (χ0v) is 16.2. The van der Waals surface area contributed by atoms with Crippen molar-refractivity contribution in [2.45, 2.75) is 45.3 Å². The second-order valence-electron chi connectivity index (χ2n) is 5.35. The molecule has 0 unspecified atom stereocenters. The molecule has 0 bridgehead atoms. The van der Waals surface area contributed by atoms with Crippen molar-refractivity contribution < 1.29 is 33.3 Å². The molecule has 0 aliphatic carbocycles. The van der Waals surface area contributed by atoms with Crippen LogP contribution in [-0.2, 0) is 33.3 Å². The summed E-state index contributed by atoms with van der Waals surface area (Å²) in [5.41, 5.74) is 0. The minimum absolute atomic E-state index is 0.0615. The summed E-state index contributed by atoms with van der Waals surface area (Å²) in [7, 11) is 0. The highest BCUT2D eigenvalue weighted by molar-refractivity contribution is 6.42. The number of esters is 3. The van der Waals surface area contributed by atoms with Gasteiger partial charge >= 0.3 is 17.9 Å². The molecular weight excluding hydrogens is 415 g/mol. The molecule has 1 aliphatic rings. The van der Waals surface area contributed by atoms with Crippen LogP contribution >= 0.6 is 34.8 Å². The summed E-state index contributed by atoms with van der Waals surface area (Å²) < 4.78 is 22.4. The van der Waals surface area contributed by atoms with Crippen molar-refractivity contribution >= 4 is 52.7 Å². The lowest BCUT2D eigenvalue weighted by Crippen LogP contribution is -2.40. The number of aromatic nitrogens is 2. The Morgan fingerprint density at radius 3 is 2.08 bits per heavy atom. The van der Waals surface area contributed by atoms with Gasteiger partial charge in [-0.3, -0.25) is 19.0 Å².